The van der Waals surface area contributed by atoms with Gasteiger partial charge in [0.05, 0.1) is 6.61 Å². The minimum Gasteiger partial charge on any atom is -0.379 e. The molecule has 3 fully saturated rings. The normalized spacial score (nSPS) is 41.1. The van der Waals surface area contributed by atoms with Gasteiger partial charge in [-0.3, -0.25) is 4.90 Å². The Morgan fingerprint density at radius 2 is 2.05 bits per heavy atom. The number of piperazine rings is 1. The summed E-state index contributed by atoms with van der Waals surface area (Å²) in [7, 11) is 0. The van der Waals surface area contributed by atoms with Gasteiger partial charge in [0.25, 0.3) is 0 Å². The number of hydrogen-bond acceptors (Lipinski definition) is 3. The van der Waals surface area contributed by atoms with Crippen molar-refractivity contribution < 1.29 is 4.74 Å². The maximum atomic E-state index is 5.72. The van der Waals surface area contributed by atoms with E-state index in [0.29, 0.717) is 6.04 Å². The topological polar surface area (TPSA) is 24.5 Å². The fraction of sp³-hybridized carbons (Fsp3) is 1.00. The molecule has 3 rings (SSSR count). The zero-order valence-corrected chi connectivity index (χ0v) is 13.4. The Morgan fingerprint density at radius 3 is 2.70 bits per heavy atom. The van der Waals surface area contributed by atoms with Gasteiger partial charge >= 0.3 is 0 Å². The number of ether oxygens (including phenoxy) is 1. The van der Waals surface area contributed by atoms with Crippen molar-refractivity contribution in [2.75, 3.05) is 26.3 Å². The van der Waals surface area contributed by atoms with Crippen molar-refractivity contribution >= 4 is 0 Å². The summed E-state index contributed by atoms with van der Waals surface area (Å²) < 4.78 is 5.72. The van der Waals surface area contributed by atoms with E-state index in [1.54, 1.807) is 0 Å². The van der Waals surface area contributed by atoms with Crippen LogP contribution in [0.25, 0.3) is 0 Å². The van der Waals surface area contributed by atoms with E-state index in [0.717, 1.165) is 25.2 Å². The molecular weight excluding hydrogens is 248 g/mol. The summed E-state index contributed by atoms with van der Waals surface area (Å²) in [5, 5.41) is 3.88. The first-order valence-corrected chi connectivity index (χ1v) is 8.81. The van der Waals surface area contributed by atoms with Crippen LogP contribution >= 0.6 is 0 Å². The van der Waals surface area contributed by atoms with Gasteiger partial charge in [-0.1, -0.05) is 26.2 Å². The molecule has 3 heteroatoms. The van der Waals surface area contributed by atoms with E-state index in [1.807, 2.05) is 0 Å². The molecule has 116 valence electrons. The summed E-state index contributed by atoms with van der Waals surface area (Å²) in [4.78, 5) is 2.80. The first kappa shape index (κ1) is 14.8. The van der Waals surface area contributed by atoms with Crippen LogP contribution in [0, 0.1) is 5.92 Å². The van der Waals surface area contributed by atoms with Gasteiger partial charge in [-0.05, 0) is 38.5 Å². The van der Waals surface area contributed by atoms with Crippen LogP contribution in [0.3, 0.4) is 0 Å². The second-order valence-electron chi connectivity index (χ2n) is 7.43. The molecule has 20 heavy (non-hydrogen) atoms. The van der Waals surface area contributed by atoms with E-state index >= 15 is 0 Å². The van der Waals surface area contributed by atoms with Crippen molar-refractivity contribution in [3.63, 3.8) is 0 Å². The average molecular weight is 280 g/mol. The number of hydrogen-bond donors (Lipinski definition) is 1. The van der Waals surface area contributed by atoms with Crippen LogP contribution < -0.4 is 5.32 Å². The lowest BCUT2D eigenvalue weighted by molar-refractivity contribution is -0.00162. The molecular formula is C17H32N2O. The van der Waals surface area contributed by atoms with E-state index in [1.165, 1.54) is 58.0 Å². The lowest BCUT2D eigenvalue weighted by Gasteiger charge is -2.50. The summed E-state index contributed by atoms with van der Waals surface area (Å²) in [6.45, 7) is 9.05. The molecule has 0 aromatic carbocycles. The number of nitrogens with zero attached hydrogens (tertiary/aromatic N) is 1. The largest absolute Gasteiger partial charge is 0.379 e. The van der Waals surface area contributed by atoms with Gasteiger partial charge in [0, 0.05) is 37.3 Å². The fourth-order valence-corrected chi connectivity index (χ4v) is 4.58. The van der Waals surface area contributed by atoms with Gasteiger partial charge in [-0.15, -0.1) is 0 Å². The third-order valence-electron chi connectivity index (χ3n) is 6.03. The van der Waals surface area contributed by atoms with Gasteiger partial charge in [0.1, 0.15) is 0 Å². The van der Waals surface area contributed by atoms with Crippen LogP contribution in [-0.4, -0.2) is 48.8 Å². The molecule has 3 nitrogen and oxygen atoms in total. The molecule has 1 N–H and O–H groups in total. The van der Waals surface area contributed by atoms with Gasteiger partial charge in [0.2, 0.25) is 0 Å². The summed E-state index contributed by atoms with van der Waals surface area (Å²) >= 11 is 0. The predicted octanol–water partition coefficient (Wildman–Crippen LogP) is 2.80. The van der Waals surface area contributed by atoms with Crippen molar-refractivity contribution in [2.45, 2.75) is 76.4 Å². The van der Waals surface area contributed by atoms with E-state index in [4.69, 9.17) is 4.74 Å². The van der Waals surface area contributed by atoms with E-state index in [9.17, 15) is 0 Å². The third-order valence-corrected chi connectivity index (χ3v) is 6.03. The lowest BCUT2D eigenvalue weighted by atomic mass is 9.81. The summed E-state index contributed by atoms with van der Waals surface area (Å²) in [5.41, 5.74) is 0.287. The smallest absolute Gasteiger partial charge is 0.0648 e. The Balaban J connectivity index is 1.68. The Hall–Kier alpha value is -0.120. The minimum atomic E-state index is 0.287. The Morgan fingerprint density at radius 1 is 1.25 bits per heavy atom. The minimum absolute atomic E-state index is 0.287. The second-order valence-corrected chi connectivity index (χ2v) is 7.43. The molecule has 3 aliphatic rings. The zero-order chi connectivity index (χ0) is 14.0. The Labute approximate surface area is 124 Å². The van der Waals surface area contributed by atoms with E-state index in [2.05, 4.69) is 24.1 Å². The molecule has 2 aliphatic heterocycles. The standard InChI is InChI=1S/C17H32N2O/c1-3-15-11-18-16(14-7-5-4-6-8-14)12-19(15)17(2)9-10-20-13-17/h14-16,18H,3-13H2,1-2H3. The van der Waals surface area contributed by atoms with Crippen LogP contribution in [0.2, 0.25) is 0 Å². The Kier molecular flexibility index (Phi) is 4.68. The lowest BCUT2D eigenvalue weighted by Crippen LogP contribution is -2.65. The third kappa shape index (κ3) is 2.90. The van der Waals surface area contributed by atoms with Crippen LogP contribution in [0.1, 0.15) is 58.8 Å². The summed E-state index contributed by atoms with van der Waals surface area (Å²) in [5.74, 6) is 0.912. The van der Waals surface area contributed by atoms with E-state index < -0.39 is 0 Å². The molecule has 1 saturated carbocycles. The maximum Gasteiger partial charge on any atom is 0.0648 e. The first-order valence-electron chi connectivity index (χ1n) is 8.81. The summed E-state index contributed by atoms with van der Waals surface area (Å²) in [6.07, 6.45) is 9.68. The van der Waals surface area contributed by atoms with Crippen molar-refractivity contribution in [3.05, 3.63) is 0 Å². The molecule has 3 unspecified atom stereocenters. The molecule has 0 radical (unpaired) electrons. The van der Waals surface area contributed by atoms with Crippen LogP contribution in [0.4, 0.5) is 0 Å². The average Bonchev–Trinajstić information content (AvgIpc) is 2.95. The summed E-state index contributed by atoms with van der Waals surface area (Å²) in [6, 6.07) is 1.41. The van der Waals surface area contributed by atoms with Crippen LogP contribution in [-0.2, 0) is 4.74 Å². The highest BCUT2D eigenvalue weighted by Crippen LogP contribution is 2.34. The van der Waals surface area contributed by atoms with Crippen molar-refractivity contribution in [2.24, 2.45) is 5.92 Å². The second kappa shape index (κ2) is 6.33. The van der Waals surface area contributed by atoms with Crippen molar-refractivity contribution in [1.29, 1.82) is 0 Å². The molecule has 0 amide bonds. The number of rotatable bonds is 3. The SMILES string of the molecule is CCC1CNC(C2CCCCC2)CN1C1(C)CCOC1. The monoisotopic (exact) mass is 280 g/mol. The van der Waals surface area contributed by atoms with Gasteiger partial charge in [-0.25, -0.2) is 0 Å². The highest BCUT2D eigenvalue weighted by Gasteiger charge is 2.43. The molecule has 0 spiro atoms. The molecule has 2 heterocycles. The van der Waals surface area contributed by atoms with Gasteiger partial charge in [-0.2, -0.15) is 0 Å². The van der Waals surface area contributed by atoms with Gasteiger partial charge < -0.3 is 10.1 Å². The van der Waals surface area contributed by atoms with Crippen LogP contribution in [0.5, 0.6) is 0 Å². The molecule has 0 bridgehead atoms. The maximum absolute atomic E-state index is 5.72. The molecule has 0 aromatic rings. The number of nitrogens with one attached hydrogen (secondary N) is 1. The molecule has 3 atom stereocenters. The highest BCUT2D eigenvalue weighted by atomic mass is 16.5. The fourth-order valence-electron chi connectivity index (χ4n) is 4.58. The zero-order valence-electron chi connectivity index (χ0n) is 13.4. The highest BCUT2D eigenvalue weighted by molar-refractivity contribution is 4.99. The predicted molar refractivity (Wildman–Crippen MR) is 83.0 cm³/mol. The molecule has 0 aromatic heterocycles. The first-order chi connectivity index (χ1) is 9.73. The van der Waals surface area contributed by atoms with Gasteiger partial charge in [0.15, 0.2) is 0 Å². The van der Waals surface area contributed by atoms with Crippen LogP contribution in [0.15, 0.2) is 0 Å². The molecule has 1 aliphatic carbocycles. The Bertz CT molecular complexity index is 308. The van der Waals surface area contributed by atoms with E-state index in [-0.39, 0.29) is 5.54 Å². The van der Waals surface area contributed by atoms with Crippen molar-refractivity contribution in [3.8, 4) is 0 Å². The quantitative estimate of drug-likeness (QED) is 0.860. The van der Waals surface area contributed by atoms with Crippen molar-refractivity contribution in [1.82, 2.24) is 10.2 Å². The molecule has 2 saturated heterocycles.